The molecule has 1 amide bonds. The maximum atomic E-state index is 11.4. The zero-order valence-corrected chi connectivity index (χ0v) is 11.1. The van der Waals surface area contributed by atoms with Crippen LogP contribution < -0.4 is 11.1 Å². The Bertz CT molecular complexity index is 211. The van der Waals surface area contributed by atoms with E-state index in [1.54, 1.807) is 0 Å². The van der Waals surface area contributed by atoms with Crippen LogP contribution in [0.1, 0.15) is 25.7 Å². The van der Waals surface area contributed by atoms with Crippen LogP contribution in [0.2, 0.25) is 0 Å². The maximum absolute atomic E-state index is 11.4. The molecule has 0 heterocycles. The SMILES string of the molecule is COCC(N)C(=O)NCCOC1CCCC1.Cl. The normalized spacial score (nSPS) is 17.5. The van der Waals surface area contributed by atoms with E-state index in [0.717, 1.165) is 12.8 Å². The Balaban J connectivity index is 0.00000256. The van der Waals surface area contributed by atoms with Gasteiger partial charge >= 0.3 is 0 Å². The number of nitrogens with one attached hydrogen (secondary N) is 1. The lowest BCUT2D eigenvalue weighted by Crippen LogP contribution is -2.44. The summed E-state index contributed by atoms with van der Waals surface area (Å²) in [5.41, 5.74) is 5.55. The van der Waals surface area contributed by atoms with Gasteiger partial charge in [-0.05, 0) is 12.8 Å². The standard InChI is InChI=1S/C11H22N2O3.ClH/c1-15-8-10(12)11(14)13-6-7-16-9-4-2-3-5-9;/h9-10H,2-8,12H2,1H3,(H,13,14);1H. The highest BCUT2D eigenvalue weighted by Crippen LogP contribution is 2.20. The summed E-state index contributed by atoms with van der Waals surface area (Å²) in [6, 6.07) is -0.587. The van der Waals surface area contributed by atoms with Gasteiger partial charge in [0.25, 0.3) is 0 Å². The van der Waals surface area contributed by atoms with Gasteiger partial charge in [0.05, 0.1) is 19.3 Å². The molecule has 0 radical (unpaired) electrons. The molecule has 0 spiro atoms. The summed E-state index contributed by atoms with van der Waals surface area (Å²) in [5, 5.41) is 2.72. The molecule has 1 fully saturated rings. The number of carbonyl (C=O) groups is 1. The number of amides is 1. The van der Waals surface area contributed by atoms with Gasteiger partial charge in [-0.15, -0.1) is 12.4 Å². The Hall–Kier alpha value is -0.360. The van der Waals surface area contributed by atoms with Gasteiger partial charge in [0, 0.05) is 13.7 Å². The first kappa shape index (κ1) is 16.6. The predicted molar refractivity (Wildman–Crippen MR) is 68.3 cm³/mol. The van der Waals surface area contributed by atoms with Crippen LogP contribution in [0.3, 0.4) is 0 Å². The van der Waals surface area contributed by atoms with Crippen LogP contribution in [0.4, 0.5) is 0 Å². The summed E-state index contributed by atoms with van der Waals surface area (Å²) in [5.74, 6) is -0.183. The summed E-state index contributed by atoms with van der Waals surface area (Å²) in [6.45, 7) is 1.33. The van der Waals surface area contributed by atoms with Crippen LogP contribution in [0.25, 0.3) is 0 Å². The van der Waals surface area contributed by atoms with E-state index >= 15 is 0 Å². The Kier molecular flexibility index (Phi) is 9.44. The van der Waals surface area contributed by atoms with Gasteiger partial charge in [-0.25, -0.2) is 0 Å². The second-order valence-electron chi connectivity index (χ2n) is 4.13. The molecule has 1 rings (SSSR count). The maximum Gasteiger partial charge on any atom is 0.239 e. The summed E-state index contributed by atoms with van der Waals surface area (Å²) >= 11 is 0. The van der Waals surface area contributed by atoms with Crippen molar-refractivity contribution in [2.45, 2.75) is 37.8 Å². The average Bonchev–Trinajstić information content (AvgIpc) is 2.77. The molecule has 0 aromatic heterocycles. The van der Waals surface area contributed by atoms with Crippen LogP contribution in [-0.4, -0.2) is 44.9 Å². The van der Waals surface area contributed by atoms with E-state index in [2.05, 4.69) is 5.32 Å². The molecule has 0 saturated heterocycles. The van der Waals surface area contributed by atoms with E-state index in [1.165, 1.54) is 20.0 Å². The lowest BCUT2D eigenvalue weighted by Gasteiger charge is -2.13. The fraction of sp³-hybridized carbons (Fsp3) is 0.909. The minimum atomic E-state index is -0.587. The van der Waals surface area contributed by atoms with Crippen LogP contribution in [0, 0.1) is 0 Å². The summed E-state index contributed by atoms with van der Waals surface area (Å²) in [4.78, 5) is 11.4. The van der Waals surface area contributed by atoms with Gasteiger partial charge in [-0.1, -0.05) is 12.8 Å². The molecule has 1 saturated carbocycles. The number of rotatable bonds is 7. The molecule has 1 aliphatic carbocycles. The number of halogens is 1. The first-order valence-electron chi connectivity index (χ1n) is 5.88. The van der Waals surface area contributed by atoms with Crippen molar-refractivity contribution in [3.8, 4) is 0 Å². The zero-order chi connectivity index (χ0) is 11.8. The second-order valence-corrected chi connectivity index (χ2v) is 4.13. The second kappa shape index (κ2) is 9.65. The highest BCUT2D eigenvalue weighted by atomic mass is 35.5. The van der Waals surface area contributed by atoms with Gasteiger partial charge in [-0.3, -0.25) is 4.79 Å². The minimum absolute atomic E-state index is 0. The van der Waals surface area contributed by atoms with E-state index < -0.39 is 6.04 Å². The third kappa shape index (κ3) is 6.83. The summed E-state index contributed by atoms with van der Waals surface area (Å²) in [7, 11) is 1.52. The summed E-state index contributed by atoms with van der Waals surface area (Å²) < 4.78 is 10.4. The molecule has 1 aliphatic rings. The molecule has 6 heteroatoms. The van der Waals surface area contributed by atoms with Crippen molar-refractivity contribution < 1.29 is 14.3 Å². The first-order chi connectivity index (χ1) is 7.74. The van der Waals surface area contributed by atoms with Crippen LogP contribution in [0.15, 0.2) is 0 Å². The molecular formula is C11H23ClN2O3. The van der Waals surface area contributed by atoms with E-state index in [0.29, 0.717) is 19.3 Å². The molecule has 0 aromatic rings. The Morgan fingerprint density at radius 3 is 2.71 bits per heavy atom. The number of hydrogen-bond donors (Lipinski definition) is 2. The molecule has 0 aliphatic heterocycles. The molecule has 5 nitrogen and oxygen atoms in total. The molecule has 0 aromatic carbocycles. The van der Waals surface area contributed by atoms with Gasteiger partial charge in [0.1, 0.15) is 6.04 Å². The lowest BCUT2D eigenvalue weighted by atomic mass is 10.3. The number of nitrogens with two attached hydrogens (primary N) is 1. The van der Waals surface area contributed by atoms with Crippen molar-refractivity contribution >= 4 is 18.3 Å². The fourth-order valence-corrected chi connectivity index (χ4v) is 1.84. The van der Waals surface area contributed by atoms with Crippen LogP contribution >= 0.6 is 12.4 Å². The first-order valence-corrected chi connectivity index (χ1v) is 5.88. The van der Waals surface area contributed by atoms with Crippen LogP contribution in [0.5, 0.6) is 0 Å². The lowest BCUT2D eigenvalue weighted by molar-refractivity contribution is -0.123. The monoisotopic (exact) mass is 266 g/mol. The van der Waals surface area contributed by atoms with E-state index in [-0.39, 0.29) is 24.9 Å². The highest BCUT2D eigenvalue weighted by molar-refractivity contribution is 5.85. The molecular weight excluding hydrogens is 244 g/mol. The van der Waals surface area contributed by atoms with Crippen molar-refractivity contribution in [3.63, 3.8) is 0 Å². The third-order valence-electron chi connectivity index (χ3n) is 2.74. The molecule has 102 valence electrons. The van der Waals surface area contributed by atoms with E-state index in [9.17, 15) is 4.79 Å². The third-order valence-corrected chi connectivity index (χ3v) is 2.74. The number of methoxy groups -OCH3 is 1. The largest absolute Gasteiger partial charge is 0.383 e. The van der Waals surface area contributed by atoms with Gasteiger partial charge < -0.3 is 20.5 Å². The number of carbonyl (C=O) groups excluding carboxylic acids is 1. The predicted octanol–water partition coefficient (Wildman–Crippen LogP) is 0.457. The van der Waals surface area contributed by atoms with Crippen molar-refractivity contribution in [2.24, 2.45) is 5.73 Å². The molecule has 1 unspecified atom stereocenters. The van der Waals surface area contributed by atoms with E-state index in [4.69, 9.17) is 15.2 Å². The smallest absolute Gasteiger partial charge is 0.239 e. The van der Waals surface area contributed by atoms with Crippen molar-refractivity contribution in [2.75, 3.05) is 26.9 Å². The fourth-order valence-electron chi connectivity index (χ4n) is 1.84. The van der Waals surface area contributed by atoms with Gasteiger partial charge in [0.2, 0.25) is 5.91 Å². The molecule has 17 heavy (non-hydrogen) atoms. The Labute approximate surface area is 109 Å². The number of hydrogen-bond acceptors (Lipinski definition) is 4. The highest BCUT2D eigenvalue weighted by Gasteiger charge is 2.15. The molecule has 0 bridgehead atoms. The zero-order valence-electron chi connectivity index (χ0n) is 10.3. The summed E-state index contributed by atoms with van der Waals surface area (Å²) in [6.07, 6.45) is 5.21. The quantitative estimate of drug-likeness (QED) is 0.657. The van der Waals surface area contributed by atoms with Crippen molar-refractivity contribution in [1.29, 1.82) is 0 Å². The number of ether oxygens (including phenoxy) is 2. The average molecular weight is 267 g/mol. The Morgan fingerprint density at radius 1 is 1.47 bits per heavy atom. The minimum Gasteiger partial charge on any atom is -0.383 e. The van der Waals surface area contributed by atoms with Crippen molar-refractivity contribution in [1.82, 2.24) is 5.32 Å². The van der Waals surface area contributed by atoms with Gasteiger partial charge in [-0.2, -0.15) is 0 Å². The van der Waals surface area contributed by atoms with E-state index in [1.807, 2.05) is 0 Å². The Morgan fingerprint density at radius 2 is 2.12 bits per heavy atom. The molecule has 1 atom stereocenters. The molecule has 3 N–H and O–H groups in total. The van der Waals surface area contributed by atoms with Crippen LogP contribution in [-0.2, 0) is 14.3 Å². The van der Waals surface area contributed by atoms with Crippen molar-refractivity contribution in [3.05, 3.63) is 0 Å². The van der Waals surface area contributed by atoms with Gasteiger partial charge in [0.15, 0.2) is 0 Å². The topological polar surface area (TPSA) is 73.6 Å².